The van der Waals surface area contributed by atoms with Gasteiger partial charge in [-0.2, -0.15) is 0 Å². The van der Waals surface area contributed by atoms with Gasteiger partial charge in [-0.05, 0) is 35.0 Å². The first-order chi connectivity index (χ1) is 8.56. The van der Waals surface area contributed by atoms with Gasteiger partial charge >= 0.3 is 5.97 Å². The maximum absolute atomic E-state index is 10.6. The van der Waals surface area contributed by atoms with E-state index < -0.39 is 12.1 Å². The number of carboxylic acid groups (broad SMARTS) is 1. The summed E-state index contributed by atoms with van der Waals surface area (Å²) in [4.78, 5) is 11.4. The van der Waals surface area contributed by atoms with Crippen LogP contribution in [0.5, 0.6) is 0 Å². The molecule has 2 heterocycles. The molecule has 0 aliphatic carbocycles. The first-order valence-corrected chi connectivity index (χ1v) is 6.59. The predicted molar refractivity (Wildman–Crippen MR) is 67.2 cm³/mol. The summed E-state index contributed by atoms with van der Waals surface area (Å²) in [5.41, 5.74) is 0. The first kappa shape index (κ1) is 13.2. The number of carbonyl (C=O) groups is 1. The molecule has 2 rings (SSSR count). The molecular formula is C10H9BrN2O4S. The summed E-state index contributed by atoms with van der Waals surface area (Å²) in [6.07, 6.45) is -0.906. The molecule has 0 aromatic carbocycles. The highest BCUT2D eigenvalue weighted by Gasteiger charge is 2.15. The monoisotopic (exact) mass is 332 g/mol. The Kier molecular flexibility index (Phi) is 4.10. The normalized spacial score (nSPS) is 12.6. The van der Waals surface area contributed by atoms with Crippen LogP contribution in [0.25, 0.3) is 10.8 Å². The molecule has 2 aromatic rings. The van der Waals surface area contributed by atoms with E-state index in [1.807, 2.05) is 12.1 Å². The molecule has 0 aliphatic heterocycles. The molecule has 96 valence electrons. The molecule has 1 N–H and O–H groups in total. The van der Waals surface area contributed by atoms with Gasteiger partial charge in [0.1, 0.15) is 6.61 Å². The van der Waals surface area contributed by atoms with Gasteiger partial charge in [-0.3, -0.25) is 0 Å². The summed E-state index contributed by atoms with van der Waals surface area (Å²) in [6, 6.07) is 3.74. The van der Waals surface area contributed by atoms with E-state index in [0.29, 0.717) is 5.89 Å². The zero-order valence-electron chi connectivity index (χ0n) is 9.29. The van der Waals surface area contributed by atoms with Crippen LogP contribution in [-0.2, 0) is 16.1 Å². The number of rotatable bonds is 5. The van der Waals surface area contributed by atoms with Crippen molar-refractivity contribution in [2.45, 2.75) is 19.6 Å². The lowest BCUT2D eigenvalue weighted by Crippen LogP contribution is -2.19. The number of thiophene rings is 1. The molecule has 0 fully saturated rings. The van der Waals surface area contributed by atoms with Gasteiger partial charge in [0.25, 0.3) is 5.89 Å². The summed E-state index contributed by atoms with van der Waals surface area (Å²) in [5, 5.41) is 16.3. The fourth-order valence-electron chi connectivity index (χ4n) is 1.11. The topological polar surface area (TPSA) is 85.5 Å². The molecule has 0 saturated heterocycles. The van der Waals surface area contributed by atoms with Crippen LogP contribution in [0.1, 0.15) is 12.8 Å². The fourth-order valence-corrected chi connectivity index (χ4v) is 2.42. The van der Waals surface area contributed by atoms with E-state index in [1.165, 1.54) is 18.3 Å². The number of hydrogen-bond donors (Lipinski definition) is 1. The molecule has 0 spiro atoms. The minimum Gasteiger partial charge on any atom is -0.479 e. The van der Waals surface area contributed by atoms with Crippen molar-refractivity contribution in [3.63, 3.8) is 0 Å². The number of nitrogens with zero attached hydrogens (tertiary/aromatic N) is 2. The molecule has 0 unspecified atom stereocenters. The second-order valence-electron chi connectivity index (χ2n) is 3.40. The van der Waals surface area contributed by atoms with Crippen molar-refractivity contribution in [3.8, 4) is 10.8 Å². The Hall–Kier alpha value is -1.25. The molecule has 1 atom stereocenters. The Bertz CT molecular complexity index is 554. The largest absolute Gasteiger partial charge is 0.479 e. The molecular weight excluding hydrogens is 324 g/mol. The SMILES string of the molecule is C[C@@H](OCc1nnc(-c2ccc(Br)s2)o1)C(=O)O. The van der Waals surface area contributed by atoms with Gasteiger partial charge in [-0.15, -0.1) is 21.5 Å². The third-order valence-corrected chi connectivity index (χ3v) is 3.67. The first-order valence-electron chi connectivity index (χ1n) is 4.99. The van der Waals surface area contributed by atoms with Crippen molar-refractivity contribution in [2.75, 3.05) is 0 Å². The third-order valence-electron chi connectivity index (χ3n) is 2.06. The van der Waals surface area contributed by atoms with Crippen molar-refractivity contribution in [1.82, 2.24) is 10.2 Å². The van der Waals surface area contributed by atoms with Gasteiger partial charge in [0.2, 0.25) is 5.89 Å². The minimum absolute atomic E-state index is 0.0208. The molecule has 8 heteroatoms. The van der Waals surface area contributed by atoms with Crippen LogP contribution >= 0.6 is 27.3 Å². The molecule has 0 saturated carbocycles. The van der Waals surface area contributed by atoms with E-state index in [2.05, 4.69) is 26.1 Å². The van der Waals surface area contributed by atoms with E-state index in [0.717, 1.165) is 8.66 Å². The quantitative estimate of drug-likeness (QED) is 0.905. The predicted octanol–water partition coefficient (Wildman–Crippen LogP) is 2.55. The number of carboxylic acids is 1. The zero-order valence-corrected chi connectivity index (χ0v) is 11.7. The molecule has 18 heavy (non-hydrogen) atoms. The van der Waals surface area contributed by atoms with E-state index in [4.69, 9.17) is 14.3 Å². The number of aromatic nitrogens is 2. The van der Waals surface area contributed by atoms with Crippen LogP contribution in [0.15, 0.2) is 20.3 Å². The minimum atomic E-state index is -1.03. The number of aliphatic carboxylic acids is 1. The molecule has 0 radical (unpaired) electrons. The average molecular weight is 333 g/mol. The number of ether oxygens (including phenoxy) is 1. The summed E-state index contributed by atoms with van der Waals surface area (Å²) in [5.74, 6) is -0.383. The molecule has 2 aromatic heterocycles. The van der Waals surface area contributed by atoms with Gasteiger partial charge < -0.3 is 14.3 Å². The van der Waals surface area contributed by atoms with Crippen LogP contribution in [0.3, 0.4) is 0 Å². The van der Waals surface area contributed by atoms with Crippen molar-refractivity contribution in [2.24, 2.45) is 0 Å². The molecule has 0 amide bonds. The highest BCUT2D eigenvalue weighted by molar-refractivity contribution is 9.11. The van der Waals surface area contributed by atoms with Gasteiger partial charge in [0.05, 0.1) is 8.66 Å². The lowest BCUT2D eigenvalue weighted by atomic mass is 10.4. The summed E-state index contributed by atoms with van der Waals surface area (Å²) < 4.78 is 11.4. The average Bonchev–Trinajstić information content (AvgIpc) is 2.94. The van der Waals surface area contributed by atoms with E-state index in [9.17, 15) is 4.79 Å². The van der Waals surface area contributed by atoms with Crippen LogP contribution in [0, 0.1) is 0 Å². The fraction of sp³-hybridized carbons (Fsp3) is 0.300. The van der Waals surface area contributed by atoms with Crippen LogP contribution < -0.4 is 0 Å². The van der Waals surface area contributed by atoms with Gasteiger partial charge in [-0.1, -0.05) is 0 Å². The van der Waals surface area contributed by atoms with E-state index in [-0.39, 0.29) is 12.5 Å². The van der Waals surface area contributed by atoms with Gasteiger partial charge in [0.15, 0.2) is 6.10 Å². The van der Waals surface area contributed by atoms with E-state index >= 15 is 0 Å². The molecule has 6 nitrogen and oxygen atoms in total. The molecule has 0 aliphatic rings. The Morgan fingerprint density at radius 2 is 2.39 bits per heavy atom. The number of halogens is 1. The third kappa shape index (κ3) is 3.15. The van der Waals surface area contributed by atoms with Gasteiger partial charge in [0, 0.05) is 0 Å². The van der Waals surface area contributed by atoms with E-state index in [1.54, 1.807) is 0 Å². The summed E-state index contributed by atoms with van der Waals surface area (Å²) in [7, 11) is 0. The maximum Gasteiger partial charge on any atom is 0.332 e. The van der Waals surface area contributed by atoms with Crippen LogP contribution in [0.4, 0.5) is 0 Å². The van der Waals surface area contributed by atoms with Crippen LogP contribution in [0.2, 0.25) is 0 Å². The van der Waals surface area contributed by atoms with Gasteiger partial charge in [-0.25, -0.2) is 4.79 Å². The lowest BCUT2D eigenvalue weighted by Gasteiger charge is -2.04. The Morgan fingerprint density at radius 1 is 1.61 bits per heavy atom. The maximum atomic E-state index is 10.6. The van der Waals surface area contributed by atoms with Crippen molar-refractivity contribution in [1.29, 1.82) is 0 Å². The summed E-state index contributed by atoms with van der Waals surface area (Å²) in [6.45, 7) is 1.42. The summed E-state index contributed by atoms with van der Waals surface area (Å²) >= 11 is 4.81. The van der Waals surface area contributed by atoms with Crippen molar-refractivity contribution < 1.29 is 19.1 Å². The smallest absolute Gasteiger partial charge is 0.332 e. The van der Waals surface area contributed by atoms with Crippen molar-refractivity contribution in [3.05, 3.63) is 21.8 Å². The highest BCUT2D eigenvalue weighted by Crippen LogP contribution is 2.30. The standard InChI is InChI=1S/C10H9BrN2O4S/c1-5(10(14)15)16-4-8-12-13-9(17-8)6-2-3-7(11)18-6/h2-3,5H,4H2,1H3,(H,14,15)/t5-/m1/s1. The Balaban J connectivity index is 2.00. The second-order valence-corrected chi connectivity index (χ2v) is 5.86. The number of hydrogen-bond acceptors (Lipinski definition) is 6. The lowest BCUT2D eigenvalue weighted by molar-refractivity contribution is -0.150. The molecule has 0 bridgehead atoms. The van der Waals surface area contributed by atoms with Crippen molar-refractivity contribution >= 4 is 33.2 Å². The Labute approximate surface area is 115 Å². The Morgan fingerprint density at radius 3 is 3.00 bits per heavy atom. The highest BCUT2D eigenvalue weighted by atomic mass is 79.9. The zero-order chi connectivity index (χ0) is 13.1. The van der Waals surface area contributed by atoms with Crippen LogP contribution in [-0.4, -0.2) is 27.4 Å². The second kappa shape index (κ2) is 5.59.